The minimum Gasteiger partial charge on any atom is -0.462 e. The van der Waals surface area contributed by atoms with E-state index in [1.165, 1.54) is 257 Å². The number of esters is 3. The highest BCUT2D eigenvalue weighted by molar-refractivity contribution is 5.71. The lowest BCUT2D eigenvalue weighted by Gasteiger charge is -2.18. The summed E-state index contributed by atoms with van der Waals surface area (Å²) < 4.78 is 16.9. The summed E-state index contributed by atoms with van der Waals surface area (Å²) in [5, 5.41) is 0. The molecule has 0 aliphatic heterocycles. The third-order valence-corrected chi connectivity index (χ3v) is 15.3. The van der Waals surface area contributed by atoms with Crippen LogP contribution in [0.3, 0.4) is 0 Å². The molecule has 77 heavy (non-hydrogen) atoms. The van der Waals surface area contributed by atoms with Gasteiger partial charge in [0.1, 0.15) is 13.2 Å². The molecule has 1 unspecified atom stereocenters. The highest BCUT2D eigenvalue weighted by Gasteiger charge is 2.19. The van der Waals surface area contributed by atoms with Crippen molar-refractivity contribution in [1.29, 1.82) is 0 Å². The van der Waals surface area contributed by atoms with Crippen molar-refractivity contribution in [2.75, 3.05) is 13.2 Å². The second-order valence-corrected chi connectivity index (χ2v) is 23.1. The normalized spacial score (nSPS) is 12.3. The molecule has 6 nitrogen and oxygen atoms in total. The largest absolute Gasteiger partial charge is 0.462 e. The van der Waals surface area contributed by atoms with E-state index in [2.05, 4.69) is 69.4 Å². The first-order chi connectivity index (χ1) is 38.0. The Morgan fingerprint density at radius 3 is 0.740 bits per heavy atom. The van der Waals surface area contributed by atoms with Gasteiger partial charge >= 0.3 is 17.9 Å². The van der Waals surface area contributed by atoms with Gasteiger partial charge in [-0.1, -0.05) is 313 Å². The fourth-order valence-electron chi connectivity index (χ4n) is 10.2. The summed E-state index contributed by atoms with van der Waals surface area (Å²) in [4.78, 5) is 38.3. The van der Waals surface area contributed by atoms with E-state index in [-0.39, 0.29) is 31.1 Å². The molecule has 0 rings (SSSR count). The third-order valence-electron chi connectivity index (χ3n) is 15.3. The molecule has 0 spiro atoms. The summed E-state index contributed by atoms with van der Waals surface area (Å²) in [5.41, 5.74) is 0. The predicted octanol–water partition coefficient (Wildman–Crippen LogP) is 23.3. The monoisotopic (exact) mass is 1080 g/mol. The van der Waals surface area contributed by atoms with E-state index in [9.17, 15) is 14.4 Å². The number of ether oxygens (including phenoxy) is 3. The Labute approximate surface area is 479 Å². The average Bonchev–Trinajstić information content (AvgIpc) is 3.43. The van der Waals surface area contributed by atoms with E-state index in [0.717, 1.165) is 70.6 Å². The van der Waals surface area contributed by atoms with Crippen LogP contribution in [0, 0.1) is 0 Å². The SMILES string of the molecule is CCCCCCC/C=C\C/C=C\C/C=C\CCCCCCCCCCCCC(=O)OCC(COC(=O)CCCCCCCCCCC)OC(=O)CCCCCCCCCCCCCCC/C=C\CCCCCCCCCC. The van der Waals surface area contributed by atoms with Crippen LogP contribution in [-0.2, 0) is 28.6 Å². The van der Waals surface area contributed by atoms with Crippen molar-refractivity contribution in [3.05, 3.63) is 48.6 Å². The van der Waals surface area contributed by atoms with Crippen LogP contribution in [0.15, 0.2) is 48.6 Å². The van der Waals surface area contributed by atoms with Gasteiger partial charge in [-0.05, 0) is 83.5 Å². The fourth-order valence-corrected chi connectivity index (χ4v) is 10.2. The molecule has 0 N–H and O–H groups in total. The molecule has 0 aromatic carbocycles. The van der Waals surface area contributed by atoms with Gasteiger partial charge in [0.25, 0.3) is 0 Å². The number of allylic oxidation sites excluding steroid dienone is 8. The van der Waals surface area contributed by atoms with Gasteiger partial charge in [-0.2, -0.15) is 0 Å². The van der Waals surface area contributed by atoms with Crippen LogP contribution in [0.5, 0.6) is 0 Å². The summed E-state index contributed by atoms with van der Waals surface area (Å²) >= 11 is 0. The minimum absolute atomic E-state index is 0.0704. The fraction of sp³-hybridized carbons (Fsp3) is 0.845. The van der Waals surface area contributed by atoms with Crippen molar-refractivity contribution in [2.45, 2.75) is 374 Å². The van der Waals surface area contributed by atoms with Crippen LogP contribution < -0.4 is 0 Å². The lowest BCUT2D eigenvalue weighted by molar-refractivity contribution is -0.167. The van der Waals surface area contributed by atoms with Crippen LogP contribution in [0.4, 0.5) is 0 Å². The first kappa shape index (κ1) is 74.4. The molecule has 6 heteroatoms. The van der Waals surface area contributed by atoms with Gasteiger partial charge < -0.3 is 14.2 Å². The number of hydrogen-bond donors (Lipinski definition) is 0. The average molecular weight is 1080 g/mol. The highest BCUT2D eigenvalue weighted by atomic mass is 16.6. The number of carbonyl (C=O) groups excluding carboxylic acids is 3. The molecule has 0 heterocycles. The molecule has 1 atom stereocenters. The first-order valence-corrected chi connectivity index (χ1v) is 34.1. The van der Waals surface area contributed by atoms with Crippen molar-refractivity contribution in [3.8, 4) is 0 Å². The second-order valence-electron chi connectivity index (χ2n) is 23.1. The van der Waals surface area contributed by atoms with Gasteiger partial charge in [0.05, 0.1) is 0 Å². The Morgan fingerprint density at radius 1 is 0.260 bits per heavy atom. The standard InChI is InChI=1S/C71H130O6/c1-4-7-10-13-16-19-21-23-25-27-29-31-33-35-37-39-41-43-45-47-49-52-55-58-61-64-70(73)76-67-68(66-75-69(72)63-60-57-54-51-18-15-12-9-6-3)77-71(74)65-62-59-56-53-50-48-46-44-42-40-38-36-34-32-30-28-26-24-22-20-17-14-11-8-5-2/h21,23,27-30,33,35,68H,4-20,22,24-26,31-32,34,36-67H2,1-3H3/b23-21-,29-27-,30-28-,35-33-. The Morgan fingerprint density at radius 2 is 0.468 bits per heavy atom. The lowest BCUT2D eigenvalue weighted by atomic mass is 10.0. The molecule has 0 radical (unpaired) electrons. The molecule has 0 aromatic heterocycles. The van der Waals surface area contributed by atoms with Crippen molar-refractivity contribution in [2.24, 2.45) is 0 Å². The lowest BCUT2D eigenvalue weighted by Crippen LogP contribution is -2.30. The van der Waals surface area contributed by atoms with Crippen LogP contribution in [0.25, 0.3) is 0 Å². The van der Waals surface area contributed by atoms with Crippen molar-refractivity contribution < 1.29 is 28.6 Å². The van der Waals surface area contributed by atoms with Gasteiger partial charge in [0.15, 0.2) is 6.10 Å². The number of unbranched alkanes of at least 4 members (excludes halogenated alkanes) is 44. The van der Waals surface area contributed by atoms with Crippen molar-refractivity contribution in [1.82, 2.24) is 0 Å². The van der Waals surface area contributed by atoms with E-state index in [1.54, 1.807) is 0 Å². The van der Waals surface area contributed by atoms with Gasteiger partial charge in [-0.15, -0.1) is 0 Å². The number of carbonyl (C=O) groups is 3. The molecular weight excluding hydrogens is 949 g/mol. The molecular formula is C71H130O6. The summed E-state index contributed by atoms with van der Waals surface area (Å²) in [7, 11) is 0. The minimum atomic E-state index is -0.772. The zero-order valence-electron chi connectivity index (χ0n) is 51.7. The Kier molecular flexibility index (Phi) is 63.6. The van der Waals surface area contributed by atoms with Gasteiger partial charge in [0.2, 0.25) is 0 Å². The molecule has 450 valence electrons. The maximum Gasteiger partial charge on any atom is 0.306 e. The molecule has 0 aliphatic rings. The van der Waals surface area contributed by atoms with Crippen LogP contribution in [0.2, 0.25) is 0 Å². The number of rotatable bonds is 63. The molecule has 0 saturated heterocycles. The summed E-state index contributed by atoms with van der Waals surface area (Å²) in [5.74, 6) is -0.856. The van der Waals surface area contributed by atoms with Crippen LogP contribution in [-0.4, -0.2) is 37.2 Å². The van der Waals surface area contributed by atoms with E-state index in [0.29, 0.717) is 19.3 Å². The first-order valence-electron chi connectivity index (χ1n) is 34.1. The molecule has 0 bridgehead atoms. The van der Waals surface area contributed by atoms with Gasteiger partial charge in [-0.25, -0.2) is 0 Å². The third kappa shape index (κ3) is 64.1. The molecule has 0 aromatic rings. The smallest absolute Gasteiger partial charge is 0.306 e. The predicted molar refractivity (Wildman–Crippen MR) is 335 cm³/mol. The Bertz CT molecular complexity index is 1330. The van der Waals surface area contributed by atoms with Crippen molar-refractivity contribution in [3.63, 3.8) is 0 Å². The molecule has 0 saturated carbocycles. The van der Waals surface area contributed by atoms with E-state index in [4.69, 9.17) is 14.2 Å². The highest BCUT2D eigenvalue weighted by Crippen LogP contribution is 2.17. The Balaban J connectivity index is 4.16. The topological polar surface area (TPSA) is 78.9 Å². The maximum absolute atomic E-state index is 12.9. The summed E-state index contributed by atoms with van der Waals surface area (Å²) in [6.45, 7) is 6.66. The molecule has 0 fully saturated rings. The quantitative estimate of drug-likeness (QED) is 0.0261. The zero-order chi connectivity index (χ0) is 55.7. The summed E-state index contributed by atoms with van der Waals surface area (Å²) in [6.07, 6.45) is 82.9. The van der Waals surface area contributed by atoms with E-state index in [1.807, 2.05) is 0 Å². The second kappa shape index (κ2) is 65.9. The van der Waals surface area contributed by atoms with Gasteiger partial charge in [0, 0.05) is 19.3 Å². The van der Waals surface area contributed by atoms with Crippen LogP contribution >= 0.6 is 0 Å². The summed E-state index contributed by atoms with van der Waals surface area (Å²) in [6, 6.07) is 0. The maximum atomic E-state index is 12.9. The Hall–Kier alpha value is -2.63. The zero-order valence-corrected chi connectivity index (χ0v) is 51.7. The van der Waals surface area contributed by atoms with Crippen LogP contribution in [0.1, 0.15) is 367 Å². The van der Waals surface area contributed by atoms with E-state index < -0.39 is 6.10 Å². The van der Waals surface area contributed by atoms with Gasteiger partial charge in [-0.3, -0.25) is 14.4 Å². The molecule has 0 amide bonds. The number of hydrogen-bond acceptors (Lipinski definition) is 6. The van der Waals surface area contributed by atoms with E-state index >= 15 is 0 Å². The van der Waals surface area contributed by atoms with Crippen molar-refractivity contribution >= 4 is 17.9 Å². The molecule has 0 aliphatic carbocycles.